The second kappa shape index (κ2) is 68.3. The van der Waals surface area contributed by atoms with E-state index in [-0.39, 0.29) is 31.1 Å². The number of esters is 3. The van der Waals surface area contributed by atoms with Crippen LogP contribution in [0, 0.1) is 0 Å². The molecule has 0 spiro atoms. The van der Waals surface area contributed by atoms with Crippen molar-refractivity contribution in [1.29, 1.82) is 0 Å². The molecule has 0 amide bonds. The Morgan fingerprint density at radius 3 is 0.753 bits per heavy atom. The summed E-state index contributed by atoms with van der Waals surface area (Å²) < 4.78 is 16.9. The first-order valence-corrected chi connectivity index (χ1v) is 34.0. The third kappa shape index (κ3) is 66.5. The van der Waals surface area contributed by atoms with Gasteiger partial charge >= 0.3 is 17.9 Å². The van der Waals surface area contributed by atoms with Crippen LogP contribution in [0.1, 0.15) is 316 Å². The lowest BCUT2D eigenvalue weighted by atomic mass is 10.0. The Morgan fingerprint density at radius 1 is 0.259 bits per heavy atom. The van der Waals surface area contributed by atoms with Crippen LogP contribution in [0.4, 0.5) is 0 Å². The molecule has 0 aliphatic carbocycles. The molecule has 0 saturated heterocycles. The van der Waals surface area contributed by atoms with Gasteiger partial charge < -0.3 is 14.2 Å². The molecule has 0 aromatic rings. The molecule has 0 aliphatic heterocycles. The number of ether oxygens (including phenoxy) is 3. The first kappa shape index (κ1) is 76.8. The summed E-state index contributed by atoms with van der Waals surface area (Å²) in [5, 5.41) is 0. The highest BCUT2D eigenvalue weighted by molar-refractivity contribution is 5.71. The monoisotopic (exact) mass is 1120 g/mol. The smallest absolute Gasteiger partial charge is 0.306 e. The Balaban J connectivity index is 4.37. The maximum absolute atomic E-state index is 12.9. The summed E-state index contributed by atoms with van der Waals surface area (Å²) in [6.45, 7) is 6.40. The first-order valence-electron chi connectivity index (χ1n) is 34.0. The predicted octanol–water partition coefficient (Wildman–Crippen LogP) is 23.6. The highest BCUT2D eigenvalue weighted by Gasteiger charge is 2.19. The molecule has 0 saturated carbocycles. The Bertz CT molecular complexity index is 1670. The molecule has 0 rings (SSSR count). The van der Waals surface area contributed by atoms with Crippen LogP contribution in [0.5, 0.6) is 0 Å². The predicted molar refractivity (Wildman–Crippen MR) is 353 cm³/mol. The van der Waals surface area contributed by atoms with Gasteiger partial charge in [-0.1, -0.05) is 290 Å². The van der Waals surface area contributed by atoms with Crippen LogP contribution in [0.15, 0.2) is 122 Å². The van der Waals surface area contributed by atoms with Gasteiger partial charge in [0.1, 0.15) is 13.2 Å². The quantitative estimate of drug-likeness (QED) is 0.0261. The fourth-order valence-electron chi connectivity index (χ4n) is 9.40. The molecule has 0 aromatic carbocycles. The van der Waals surface area contributed by atoms with Gasteiger partial charge in [-0.05, 0) is 128 Å². The molecular weight excluding hydrogens is 997 g/mol. The third-order valence-corrected chi connectivity index (χ3v) is 14.4. The van der Waals surface area contributed by atoms with Crippen LogP contribution in [0.25, 0.3) is 0 Å². The Kier molecular flexibility index (Phi) is 64.8. The van der Waals surface area contributed by atoms with Crippen molar-refractivity contribution in [3.63, 3.8) is 0 Å². The highest BCUT2D eigenvalue weighted by Crippen LogP contribution is 2.16. The van der Waals surface area contributed by atoms with E-state index < -0.39 is 6.10 Å². The Morgan fingerprint density at radius 2 is 0.481 bits per heavy atom. The minimum Gasteiger partial charge on any atom is -0.462 e. The number of carbonyl (C=O) groups is 3. The molecule has 81 heavy (non-hydrogen) atoms. The molecule has 0 bridgehead atoms. The summed E-state index contributed by atoms with van der Waals surface area (Å²) >= 11 is 0. The summed E-state index contributed by atoms with van der Waals surface area (Å²) in [5.74, 6) is -0.924. The molecule has 6 heteroatoms. The summed E-state index contributed by atoms with van der Waals surface area (Å²) in [7, 11) is 0. The van der Waals surface area contributed by atoms with Crippen LogP contribution in [-0.4, -0.2) is 37.2 Å². The zero-order valence-electron chi connectivity index (χ0n) is 53.0. The first-order chi connectivity index (χ1) is 40.0. The lowest BCUT2D eigenvalue weighted by molar-refractivity contribution is -0.167. The SMILES string of the molecule is CC/C=C\C/C=C\C/C=C\C/C=C\CCCCCCCCC(=O)OC(COC(=O)CCCCCC/C=C\C/C=C\C/C=C\C/C=C\CC)COC(=O)CCCCCCCCCCCCCCCCC/C=C\C/C=C\CCCCCCC. The van der Waals surface area contributed by atoms with Crippen LogP contribution < -0.4 is 0 Å². The molecule has 0 aliphatic rings. The lowest BCUT2D eigenvalue weighted by Crippen LogP contribution is -2.30. The summed E-state index contributed by atoms with van der Waals surface area (Å²) in [4.78, 5) is 38.4. The topological polar surface area (TPSA) is 78.9 Å². The zero-order valence-corrected chi connectivity index (χ0v) is 53.0. The number of rotatable bonds is 61. The molecule has 1 unspecified atom stereocenters. The summed E-state index contributed by atoms with van der Waals surface area (Å²) in [6.07, 6.45) is 95.0. The number of carbonyl (C=O) groups excluding carboxylic acids is 3. The number of allylic oxidation sites excluding steroid dienone is 20. The average molecular weight is 1120 g/mol. The lowest BCUT2D eigenvalue weighted by Gasteiger charge is -2.18. The van der Waals surface area contributed by atoms with Crippen LogP contribution in [0.3, 0.4) is 0 Å². The van der Waals surface area contributed by atoms with Gasteiger partial charge in [-0.3, -0.25) is 14.4 Å². The van der Waals surface area contributed by atoms with Crippen molar-refractivity contribution in [2.75, 3.05) is 13.2 Å². The molecule has 0 radical (unpaired) electrons. The van der Waals surface area contributed by atoms with Crippen molar-refractivity contribution in [2.45, 2.75) is 322 Å². The van der Waals surface area contributed by atoms with Crippen molar-refractivity contribution in [3.8, 4) is 0 Å². The van der Waals surface area contributed by atoms with Crippen molar-refractivity contribution in [3.05, 3.63) is 122 Å². The molecule has 1 atom stereocenters. The highest BCUT2D eigenvalue weighted by atomic mass is 16.6. The standard InChI is InChI=1S/C75H126O6/c1-4-7-10-13-16-19-22-25-28-31-33-34-35-36-37-38-39-40-42-44-47-50-53-56-59-62-65-68-74(77)80-71-72(70-79-73(76)67-64-61-58-55-52-49-46-43-30-27-24-21-18-15-12-9-6-3)81-75(78)69-66-63-60-57-54-51-48-45-41-32-29-26-23-20-17-14-11-8-5-2/h8-9,11-12,17-18,20-22,25-27,29-31,33,41,45-46,49,72H,4-7,10,13-16,19,23-24,28,32,34-40,42-44,47-48,50-71H2,1-3H3/b11-8-,12-9-,20-17-,21-18-,25-22-,29-26-,30-27-,33-31-,45-41-,49-46-. The molecule has 6 nitrogen and oxygen atoms in total. The van der Waals surface area contributed by atoms with Crippen LogP contribution in [0.2, 0.25) is 0 Å². The molecule has 0 heterocycles. The second-order valence-corrected chi connectivity index (χ2v) is 22.3. The molecule has 0 aromatic heterocycles. The van der Waals surface area contributed by atoms with E-state index in [0.717, 1.165) is 141 Å². The van der Waals surface area contributed by atoms with Gasteiger partial charge in [0.2, 0.25) is 0 Å². The molecule has 462 valence electrons. The normalized spacial score (nSPS) is 12.9. The maximum Gasteiger partial charge on any atom is 0.306 e. The molecule has 0 fully saturated rings. The van der Waals surface area contributed by atoms with E-state index >= 15 is 0 Å². The van der Waals surface area contributed by atoms with Crippen LogP contribution >= 0.6 is 0 Å². The molecule has 0 N–H and O–H groups in total. The van der Waals surface area contributed by atoms with E-state index in [9.17, 15) is 14.4 Å². The van der Waals surface area contributed by atoms with Crippen molar-refractivity contribution < 1.29 is 28.6 Å². The second-order valence-electron chi connectivity index (χ2n) is 22.3. The summed E-state index contributed by atoms with van der Waals surface area (Å²) in [6, 6.07) is 0. The van der Waals surface area contributed by atoms with Crippen molar-refractivity contribution in [1.82, 2.24) is 0 Å². The van der Waals surface area contributed by atoms with Crippen molar-refractivity contribution in [2.24, 2.45) is 0 Å². The Hall–Kier alpha value is -4.19. The van der Waals surface area contributed by atoms with E-state index in [1.54, 1.807) is 0 Å². The fraction of sp³-hybridized carbons (Fsp3) is 0.693. The van der Waals surface area contributed by atoms with Gasteiger partial charge in [0.15, 0.2) is 6.10 Å². The van der Waals surface area contributed by atoms with Crippen LogP contribution in [-0.2, 0) is 28.6 Å². The average Bonchev–Trinajstić information content (AvgIpc) is 3.47. The molecular formula is C75H126O6. The van der Waals surface area contributed by atoms with Gasteiger partial charge in [-0.25, -0.2) is 0 Å². The van der Waals surface area contributed by atoms with Gasteiger partial charge in [-0.15, -0.1) is 0 Å². The third-order valence-electron chi connectivity index (χ3n) is 14.4. The van der Waals surface area contributed by atoms with E-state index in [1.165, 1.54) is 135 Å². The van der Waals surface area contributed by atoms with Gasteiger partial charge in [-0.2, -0.15) is 0 Å². The summed E-state index contributed by atoms with van der Waals surface area (Å²) in [5.41, 5.74) is 0. The maximum atomic E-state index is 12.9. The van der Waals surface area contributed by atoms with E-state index in [2.05, 4.69) is 142 Å². The van der Waals surface area contributed by atoms with Crippen molar-refractivity contribution >= 4 is 17.9 Å². The number of hydrogen-bond acceptors (Lipinski definition) is 6. The van der Waals surface area contributed by atoms with E-state index in [1.807, 2.05) is 0 Å². The van der Waals surface area contributed by atoms with E-state index in [4.69, 9.17) is 14.2 Å². The van der Waals surface area contributed by atoms with Gasteiger partial charge in [0.25, 0.3) is 0 Å². The largest absolute Gasteiger partial charge is 0.462 e. The Labute approximate surface area is 501 Å². The number of hydrogen-bond donors (Lipinski definition) is 0. The zero-order chi connectivity index (χ0) is 58.5. The fourth-order valence-corrected chi connectivity index (χ4v) is 9.40. The van der Waals surface area contributed by atoms with Gasteiger partial charge in [0.05, 0.1) is 0 Å². The minimum atomic E-state index is -0.801. The van der Waals surface area contributed by atoms with E-state index in [0.29, 0.717) is 19.3 Å². The number of unbranched alkanes of at least 4 members (excludes halogenated alkanes) is 30. The van der Waals surface area contributed by atoms with Gasteiger partial charge in [0, 0.05) is 19.3 Å². The minimum absolute atomic E-state index is 0.0932.